The van der Waals surface area contributed by atoms with Gasteiger partial charge in [0.05, 0.1) is 6.61 Å². The molecule has 1 aromatic rings. The van der Waals surface area contributed by atoms with Crippen molar-refractivity contribution < 1.29 is 24.2 Å². The number of likely N-dealkylation sites (tertiary alicyclic amines) is 1. The van der Waals surface area contributed by atoms with Crippen LogP contribution in [0.1, 0.15) is 39.0 Å². The SMILES string of the molecule is CCCOc1ccc(OCC(=O)N2CCCC(CCC(=O)O)C2)cc1. The number of carbonyl (C=O) groups excluding carboxylic acids is 1. The minimum Gasteiger partial charge on any atom is -0.494 e. The number of rotatable bonds is 9. The quantitative estimate of drug-likeness (QED) is 0.742. The van der Waals surface area contributed by atoms with Crippen molar-refractivity contribution in [1.82, 2.24) is 4.90 Å². The van der Waals surface area contributed by atoms with Gasteiger partial charge in [-0.3, -0.25) is 9.59 Å². The molecule has 0 aromatic heterocycles. The van der Waals surface area contributed by atoms with Crippen molar-refractivity contribution in [2.24, 2.45) is 5.92 Å². The molecule has 0 aliphatic carbocycles. The van der Waals surface area contributed by atoms with E-state index in [2.05, 4.69) is 6.92 Å². The van der Waals surface area contributed by atoms with Gasteiger partial charge in [-0.15, -0.1) is 0 Å². The molecule has 1 aliphatic rings. The van der Waals surface area contributed by atoms with Gasteiger partial charge in [-0.1, -0.05) is 6.92 Å². The molecule has 0 bridgehead atoms. The Kier molecular flexibility index (Phi) is 7.57. The second kappa shape index (κ2) is 9.91. The molecule has 1 unspecified atom stereocenters. The predicted molar refractivity (Wildman–Crippen MR) is 93.9 cm³/mol. The second-order valence-electron chi connectivity index (χ2n) is 6.39. The molecule has 1 amide bonds. The third-order valence-corrected chi connectivity index (χ3v) is 4.30. The number of benzene rings is 1. The van der Waals surface area contributed by atoms with E-state index in [1.54, 1.807) is 17.0 Å². The Morgan fingerprint density at radius 3 is 2.52 bits per heavy atom. The van der Waals surface area contributed by atoms with Crippen LogP contribution >= 0.6 is 0 Å². The zero-order chi connectivity index (χ0) is 18.1. The number of piperidine rings is 1. The number of nitrogens with zero attached hydrogens (tertiary/aromatic N) is 1. The minimum atomic E-state index is -0.779. The van der Waals surface area contributed by atoms with Crippen LogP contribution in [0.5, 0.6) is 11.5 Å². The van der Waals surface area contributed by atoms with Crippen LogP contribution in [0.2, 0.25) is 0 Å². The number of ether oxygens (including phenoxy) is 2. The molecule has 1 aromatic carbocycles. The molecule has 1 aliphatic heterocycles. The Morgan fingerprint density at radius 2 is 1.88 bits per heavy atom. The molecular weight excluding hydrogens is 322 g/mol. The molecule has 6 nitrogen and oxygen atoms in total. The second-order valence-corrected chi connectivity index (χ2v) is 6.39. The molecule has 0 spiro atoms. The first-order valence-electron chi connectivity index (χ1n) is 8.93. The lowest BCUT2D eigenvalue weighted by atomic mass is 9.93. The Morgan fingerprint density at radius 1 is 1.20 bits per heavy atom. The van der Waals surface area contributed by atoms with Crippen molar-refractivity contribution in [2.45, 2.75) is 39.0 Å². The molecule has 1 atom stereocenters. The van der Waals surface area contributed by atoms with Gasteiger partial charge >= 0.3 is 5.97 Å². The monoisotopic (exact) mass is 349 g/mol. The Bertz CT molecular complexity index is 557. The van der Waals surface area contributed by atoms with Gasteiger partial charge in [0.1, 0.15) is 11.5 Å². The van der Waals surface area contributed by atoms with Crippen LogP contribution in [0.3, 0.4) is 0 Å². The first-order chi connectivity index (χ1) is 12.1. The van der Waals surface area contributed by atoms with Gasteiger partial charge in [0.2, 0.25) is 0 Å². The van der Waals surface area contributed by atoms with E-state index in [1.165, 1.54) is 0 Å². The van der Waals surface area contributed by atoms with E-state index in [1.807, 2.05) is 12.1 Å². The smallest absolute Gasteiger partial charge is 0.303 e. The van der Waals surface area contributed by atoms with Crippen molar-refractivity contribution in [3.05, 3.63) is 24.3 Å². The van der Waals surface area contributed by atoms with Crippen LogP contribution < -0.4 is 9.47 Å². The van der Waals surface area contributed by atoms with Gasteiger partial charge in [-0.2, -0.15) is 0 Å². The van der Waals surface area contributed by atoms with Crippen LogP contribution in [-0.4, -0.2) is 48.2 Å². The van der Waals surface area contributed by atoms with Crippen LogP contribution in [0.25, 0.3) is 0 Å². The third-order valence-electron chi connectivity index (χ3n) is 4.30. The Balaban J connectivity index is 1.76. The number of amides is 1. The molecular formula is C19H27NO5. The normalized spacial score (nSPS) is 17.2. The summed E-state index contributed by atoms with van der Waals surface area (Å²) in [6, 6.07) is 7.25. The fourth-order valence-electron chi connectivity index (χ4n) is 2.94. The predicted octanol–water partition coefficient (Wildman–Crippen LogP) is 2.96. The van der Waals surface area contributed by atoms with E-state index in [4.69, 9.17) is 14.6 Å². The van der Waals surface area contributed by atoms with E-state index in [0.29, 0.717) is 25.3 Å². The molecule has 0 saturated carbocycles. The lowest BCUT2D eigenvalue weighted by Crippen LogP contribution is -2.42. The summed E-state index contributed by atoms with van der Waals surface area (Å²) in [5, 5.41) is 8.79. The summed E-state index contributed by atoms with van der Waals surface area (Å²) in [5.41, 5.74) is 0. The summed E-state index contributed by atoms with van der Waals surface area (Å²) in [6.45, 7) is 4.07. The van der Waals surface area contributed by atoms with Crippen LogP contribution in [0, 0.1) is 5.92 Å². The van der Waals surface area contributed by atoms with Crippen LogP contribution in [0.4, 0.5) is 0 Å². The average Bonchev–Trinajstić information content (AvgIpc) is 2.63. The van der Waals surface area contributed by atoms with Gasteiger partial charge in [-0.25, -0.2) is 0 Å². The molecule has 1 N–H and O–H groups in total. The maximum atomic E-state index is 12.3. The first kappa shape index (κ1) is 19.1. The number of hydrogen-bond acceptors (Lipinski definition) is 4. The molecule has 138 valence electrons. The van der Waals surface area contributed by atoms with Gasteiger partial charge < -0.3 is 19.5 Å². The van der Waals surface area contributed by atoms with Gasteiger partial charge in [0.15, 0.2) is 6.61 Å². The molecule has 2 rings (SSSR count). The summed E-state index contributed by atoms with van der Waals surface area (Å²) in [5.74, 6) is 0.864. The Hall–Kier alpha value is -2.24. The van der Waals surface area contributed by atoms with E-state index in [0.717, 1.165) is 31.6 Å². The third kappa shape index (κ3) is 6.64. The standard InChI is InChI=1S/C19H27NO5/c1-2-12-24-16-6-8-17(9-7-16)25-14-18(21)20-11-3-4-15(13-20)5-10-19(22)23/h6-9,15H,2-5,10-14H2,1H3,(H,22,23). The molecule has 1 heterocycles. The summed E-state index contributed by atoms with van der Waals surface area (Å²) in [4.78, 5) is 24.8. The zero-order valence-electron chi connectivity index (χ0n) is 14.8. The largest absolute Gasteiger partial charge is 0.494 e. The van der Waals surface area contributed by atoms with Crippen LogP contribution in [0.15, 0.2) is 24.3 Å². The number of carbonyl (C=O) groups is 2. The molecule has 0 radical (unpaired) electrons. The van der Waals surface area contributed by atoms with Crippen molar-refractivity contribution in [2.75, 3.05) is 26.3 Å². The van der Waals surface area contributed by atoms with E-state index in [-0.39, 0.29) is 24.9 Å². The zero-order valence-corrected chi connectivity index (χ0v) is 14.8. The van der Waals surface area contributed by atoms with Crippen molar-refractivity contribution >= 4 is 11.9 Å². The topological polar surface area (TPSA) is 76.1 Å². The van der Waals surface area contributed by atoms with E-state index in [9.17, 15) is 9.59 Å². The van der Waals surface area contributed by atoms with Crippen LogP contribution in [-0.2, 0) is 9.59 Å². The first-order valence-corrected chi connectivity index (χ1v) is 8.93. The maximum absolute atomic E-state index is 12.3. The lowest BCUT2D eigenvalue weighted by Gasteiger charge is -2.32. The highest BCUT2D eigenvalue weighted by Gasteiger charge is 2.24. The van der Waals surface area contributed by atoms with Gasteiger partial charge in [0.25, 0.3) is 5.91 Å². The molecule has 1 fully saturated rings. The van der Waals surface area contributed by atoms with Crippen molar-refractivity contribution in [3.63, 3.8) is 0 Å². The Labute approximate surface area is 148 Å². The van der Waals surface area contributed by atoms with Crippen molar-refractivity contribution in [3.8, 4) is 11.5 Å². The molecule has 1 saturated heterocycles. The number of aliphatic carboxylic acids is 1. The fourth-order valence-corrected chi connectivity index (χ4v) is 2.94. The number of carboxylic acid groups (broad SMARTS) is 1. The van der Waals surface area contributed by atoms with Gasteiger partial charge in [0, 0.05) is 19.5 Å². The molecule has 6 heteroatoms. The fraction of sp³-hybridized carbons (Fsp3) is 0.579. The van der Waals surface area contributed by atoms with E-state index >= 15 is 0 Å². The van der Waals surface area contributed by atoms with E-state index < -0.39 is 5.97 Å². The summed E-state index contributed by atoms with van der Waals surface area (Å²) in [6.07, 6.45) is 3.64. The lowest BCUT2D eigenvalue weighted by molar-refractivity contribution is -0.137. The highest BCUT2D eigenvalue weighted by atomic mass is 16.5. The number of hydrogen-bond donors (Lipinski definition) is 1. The number of carboxylic acids is 1. The maximum Gasteiger partial charge on any atom is 0.303 e. The summed E-state index contributed by atoms with van der Waals surface area (Å²) < 4.78 is 11.1. The average molecular weight is 349 g/mol. The summed E-state index contributed by atoms with van der Waals surface area (Å²) in [7, 11) is 0. The van der Waals surface area contributed by atoms with Crippen molar-refractivity contribution in [1.29, 1.82) is 0 Å². The molecule has 25 heavy (non-hydrogen) atoms. The minimum absolute atomic E-state index is 0.000808. The highest BCUT2D eigenvalue weighted by molar-refractivity contribution is 5.77. The van der Waals surface area contributed by atoms with Gasteiger partial charge in [-0.05, 0) is 55.9 Å². The summed E-state index contributed by atoms with van der Waals surface area (Å²) >= 11 is 0. The highest BCUT2D eigenvalue weighted by Crippen LogP contribution is 2.22.